The van der Waals surface area contributed by atoms with Crippen LogP contribution in [0.15, 0.2) is 0 Å². The maximum Gasteiger partial charge on any atom is 0.379 e. The lowest BCUT2D eigenvalue weighted by Crippen LogP contribution is -2.37. The summed E-state index contributed by atoms with van der Waals surface area (Å²) in [6.07, 6.45) is 21.7. The molecule has 3 unspecified atom stereocenters. The minimum absolute atomic E-state index is 0.0568. The second kappa shape index (κ2) is 25.1. The molecule has 0 saturated heterocycles. The molecule has 0 aromatic carbocycles. The Balaban J connectivity index is 4.29. The molecule has 0 bridgehead atoms. The number of ether oxygens (including phenoxy) is 3. The Bertz CT molecular complexity index is 524. The fourth-order valence-corrected chi connectivity index (χ4v) is 5.80. The van der Waals surface area contributed by atoms with Gasteiger partial charge in [-0.05, 0) is 31.9 Å². The fourth-order valence-electron chi connectivity index (χ4n) is 4.13. The minimum atomic E-state index is -2.44. The Morgan fingerprint density at radius 1 is 0.833 bits per heavy atom. The molecular weight excluding hydrogens is 495 g/mol. The van der Waals surface area contributed by atoms with Crippen molar-refractivity contribution in [2.24, 2.45) is 0 Å². The van der Waals surface area contributed by atoms with Crippen LogP contribution in [0.2, 0.25) is 0 Å². The lowest BCUT2D eigenvalue weighted by molar-refractivity contribution is -0.193. The number of thioether (sulfide) groups is 1. The van der Waals surface area contributed by atoms with E-state index in [9.17, 15) is 14.5 Å². The zero-order valence-corrected chi connectivity index (χ0v) is 25.4. The number of carbonyl (C=O) groups excluding carboxylic acids is 1. The van der Waals surface area contributed by atoms with Crippen LogP contribution in [0.5, 0.6) is 0 Å². The fraction of sp³-hybridized carbons (Fsp3) is 0.964. The van der Waals surface area contributed by atoms with E-state index in [1.165, 1.54) is 108 Å². The van der Waals surface area contributed by atoms with Gasteiger partial charge in [-0.3, -0.25) is 4.57 Å². The minimum Gasteiger partial charge on any atom is -0.464 e. The van der Waals surface area contributed by atoms with Crippen molar-refractivity contribution in [3.8, 4) is 0 Å². The lowest BCUT2D eigenvalue weighted by Gasteiger charge is -2.24. The zero-order chi connectivity index (χ0) is 26.9. The van der Waals surface area contributed by atoms with Crippen LogP contribution in [0.3, 0.4) is 0 Å². The summed E-state index contributed by atoms with van der Waals surface area (Å²) in [5, 5.41) is 10.4. The molecule has 6 nitrogen and oxygen atoms in total. The summed E-state index contributed by atoms with van der Waals surface area (Å²) >= 11 is 2.05. The van der Waals surface area contributed by atoms with Gasteiger partial charge in [0.05, 0.1) is 19.8 Å². The first-order valence-corrected chi connectivity index (χ1v) is 16.3. The number of methoxy groups -OCH3 is 1. The Kier molecular flexibility index (Phi) is 25.0. The van der Waals surface area contributed by atoms with Crippen molar-refractivity contribution >= 4 is 26.2 Å². The van der Waals surface area contributed by atoms with Gasteiger partial charge in [0.25, 0.3) is 0 Å². The molecule has 8 heteroatoms. The van der Waals surface area contributed by atoms with Gasteiger partial charge in [-0.1, -0.05) is 104 Å². The number of carbonyl (C=O) groups is 1. The summed E-state index contributed by atoms with van der Waals surface area (Å²) in [4.78, 5) is 11.5. The SMILES string of the molecule is CCCCCCCCCCCSC(CCCCCCCC)C(C)OCCCOC(O)(P=O)C(=O)OC. The Morgan fingerprint density at radius 3 is 1.89 bits per heavy atom. The van der Waals surface area contributed by atoms with Gasteiger partial charge in [-0.25, -0.2) is 4.79 Å². The molecule has 214 valence electrons. The highest BCUT2D eigenvalue weighted by molar-refractivity contribution is 7.99. The number of hydrogen-bond acceptors (Lipinski definition) is 7. The summed E-state index contributed by atoms with van der Waals surface area (Å²) < 4.78 is 26.7. The Hall–Kier alpha value is -0.200. The Labute approximate surface area is 227 Å². The molecule has 1 N–H and O–H groups in total. The Morgan fingerprint density at radius 2 is 1.36 bits per heavy atom. The molecule has 0 aliphatic carbocycles. The molecule has 0 aromatic rings. The van der Waals surface area contributed by atoms with Crippen LogP contribution >= 0.6 is 20.2 Å². The normalized spacial score (nSPS) is 15.0. The van der Waals surface area contributed by atoms with E-state index in [0.717, 1.165) is 7.11 Å². The van der Waals surface area contributed by atoms with Crippen LogP contribution < -0.4 is 0 Å². The van der Waals surface area contributed by atoms with Crippen LogP contribution in [0.1, 0.15) is 130 Å². The van der Waals surface area contributed by atoms with Crippen LogP contribution in [0, 0.1) is 0 Å². The average Bonchev–Trinajstić information content (AvgIpc) is 2.89. The molecule has 0 spiro atoms. The third-order valence-corrected chi connectivity index (χ3v) is 8.62. The van der Waals surface area contributed by atoms with E-state index >= 15 is 0 Å². The first kappa shape index (κ1) is 35.8. The smallest absolute Gasteiger partial charge is 0.379 e. The van der Waals surface area contributed by atoms with E-state index in [-0.39, 0.29) is 12.7 Å². The number of hydrogen-bond donors (Lipinski definition) is 1. The average molecular weight is 551 g/mol. The van der Waals surface area contributed by atoms with Crippen molar-refractivity contribution in [3.05, 3.63) is 0 Å². The molecule has 3 atom stereocenters. The van der Waals surface area contributed by atoms with Gasteiger partial charge in [0.1, 0.15) is 0 Å². The molecular formula is C28H55O6PS. The maximum absolute atomic E-state index is 11.5. The first-order valence-electron chi connectivity index (χ1n) is 14.5. The number of unbranched alkanes of at least 4 members (excludes halogenated alkanes) is 13. The summed E-state index contributed by atoms with van der Waals surface area (Å²) in [6.45, 7) is 7.18. The molecule has 0 aliphatic rings. The zero-order valence-electron chi connectivity index (χ0n) is 23.6. The molecule has 0 rings (SSSR count). The van der Waals surface area contributed by atoms with Crippen LogP contribution in [0.4, 0.5) is 0 Å². The van der Waals surface area contributed by atoms with Gasteiger partial charge in [0.2, 0.25) is 8.46 Å². The van der Waals surface area contributed by atoms with E-state index < -0.39 is 20.0 Å². The van der Waals surface area contributed by atoms with Gasteiger partial charge in [0.15, 0.2) is 0 Å². The van der Waals surface area contributed by atoms with E-state index in [1.807, 2.05) is 0 Å². The summed E-state index contributed by atoms with van der Waals surface area (Å²) in [5.41, 5.74) is -2.44. The molecule has 0 aliphatic heterocycles. The van der Waals surface area contributed by atoms with Gasteiger partial charge in [0, 0.05) is 11.9 Å². The molecule has 0 fully saturated rings. The second-order valence-corrected chi connectivity index (χ2v) is 11.9. The largest absolute Gasteiger partial charge is 0.464 e. The van der Waals surface area contributed by atoms with Gasteiger partial charge in [-0.2, -0.15) is 11.8 Å². The molecule has 36 heavy (non-hydrogen) atoms. The molecule has 0 heterocycles. The van der Waals surface area contributed by atoms with E-state index in [1.54, 1.807) is 0 Å². The number of esters is 1. The topological polar surface area (TPSA) is 82.1 Å². The number of aliphatic hydroxyl groups is 1. The first-order chi connectivity index (χ1) is 17.4. The van der Waals surface area contributed by atoms with E-state index in [2.05, 4.69) is 37.3 Å². The third kappa shape index (κ3) is 19.0. The monoisotopic (exact) mass is 550 g/mol. The molecule has 0 radical (unpaired) electrons. The van der Waals surface area contributed by atoms with Crippen molar-refractivity contribution in [1.29, 1.82) is 0 Å². The van der Waals surface area contributed by atoms with Crippen LogP contribution in [-0.4, -0.2) is 54.0 Å². The second-order valence-electron chi connectivity index (χ2n) is 9.76. The van der Waals surface area contributed by atoms with Crippen molar-refractivity contribution in [1.82, 2.24) is 0 Å². The quantitative estimate of drug-likeness (QED) is 0.0477. The van der Waals surface area contributed by atoms with Crippen LogP contribution in [-0.2, 0) is 23.6 Å². The highest BCUT2D eigenvalue weighted by Gasteiger charge is 2.40. The third-order valence-electron chi connectivity index (χ3n) is 6.49. The lowest BCUT2D eigenvalue weighted by atomic mass is 10.1. The highest BCUT2D eigenvalue weighted by atomic mass is 32.2. The van der Waals surface area contributed by atoms with Gasteiger partial charge < -0.3 is 19.3 Å². The molecule has 0 aromatic heterocycles. The molecule has 0 saturated carbocycles. The summed E-state index contributed by atoms with van der Waals surface area (Å²) in [5.74, 6) is 0.113. The van der Waals surface area contributed by atoms with Gasteiger partial charge in [-0.15, -0.1) is 0 Å². The van der Waals surface area contributed by atoms with E-state index in [0.29, 0.717) is 18.3 Å². The van der Waals surface area contributed by atoms with Crippen molar-refractivity contribution in [3.63, 3.8) is 0 Å². The highest BCUT2D eigenvalue weighted by Crippen LogP contribution is 2.26. The predicted molar refractivity (Wildman–Crippen MR) is 152 cm³/mol. The summed E-state index contributed by atoms with van der Waals surface area (Å²) in [6, 6.07) is 0. The van der Waals surface area contributed by atoms with Gasteiger partial charge >= 0.3 is 11.5 Å². The van der Waals surface area contributed by atoms with Crippen molar-refractivity contribution in [2.75, 3.05) is 26.1 Å². The van der Waals surface area contributed by atoms with Crippen molar-refractivity contribution in [2.45, 2.75) is 147 Å². The standard InChI is InChI=1S/C28H55O6PS/c1-5-7-9-11-13-14-15-17-19-24-36-26(21-18-16-12-10-8-6-2)25(3)33-22-20-23-34-28(30,35-31)27(29)32-4/h25-26,30H,5-24H2,1-4H3. The number of rotatable bonds is 27. The molecule has 0 amide bonds. The maximum atomic E-state index is 11.5. The van der Waals surface area contributed by atoms with Crippen LogP contribution in [0.25, 0.3) is 0 Å². The van der Waals surface area contributed by atoms with E-state index in [4.69, 9.17) is 9.47 Å². The predicted octanol–water partition coefficient (Wildman–Crippen LogP) is 8.29. The van der Waals surface area contributed by atoms with Crippen molar-refractivity contribution < 1.29 is 28.7 Å². The summed E-state index contributed by atoms with van der Waals surface area (Å²) in [7, 11) is 0.279.